The molecule has 0 saturated heterocycles. The molecule has 4 nitrogen and oxygen atoms in total. The van der Waals surface area contributed by atoms with Crippen LogP contribution < -0.4 is 0 Å². The zero-order valence-corrected chi connectivity index (χ0v) is 14.0. The Hall–Kier alpha value is -1.84. The fourth-order valence-electron chi connectivity index (χ4n) is 2.55. The number of aliphatic carboxylic acids is 1. The molecule has 1 atom stereocenters. The van der Waals surface area contributed by atoms with Gasteiger partial charge in [-0.25, -0.2) is 0 Å². The van der Waals surface area contributed by atoms with Gasteiger partial charge in [0.05, 0.1) is 6.42 Å². The van der Waals surface area contributed by atoms with Crippen molar-refractivity contribution in [2.45, 2.75) is 58.9 Å². The van der Waals surface area contributed by atoms with Gasteiger partial charge in [-0.1, -0.05) is 36.8 Å². The van der Waals surface area contributed by atoms with Crippen LogP contribution in [0.5, 0.6) is 0 Å². The molecule has 0 aliphatic rings. The van der Waals surface area contributed by atoms with Gasteiger partial charge in [0.15, 0.2) is 0 Å². The normalized spacial score (nSPS) is 12.2. The van der Waals surface area contributed by atoms with Crippen LogP contribution in [0.25, 0.3) is 0 Å². The Kier molecular flexibility index (Phi) is 7.09. The average Bonchev–Trinajstić information content (AvgIpc) is 2.45. The van der Waals surface area contributed by atoms with Crippen molar-refractivity contribution in [3.8, 4) is 0 Å². The number of hydrogen-bond donors (Lipinski definition) is 1. The van der Waals surface area contributed by atoms with E-state index in [4.69, 9.17) is 5.11 Å². The summed E-state index contributed by atoms with van der Waals surface area (Å²) in [7, 11) is 0. The van der Waals surface area contributed by atoms with Crippen LogP contribution in [-0.2, 0) is 9.59 Å². The SMILES string of the molecule is CCC(CC(=O)N(CCC(=O)O)C(C)C)c1ccc(C)cc1. The van der Waals surface area contributed by atoms with Crippen LogP contribution in [0.1, 0.15) is 57.1 Å². The molecule has 1 rings (SSSR count). The summed E-state index contributed by atoms with van der Waals surface area (Å²) >= 11 is 0. The quantitative estimate of drug-likeness (QED) is 0.798. The number of benzene rings is 1. The van der Waals surface area contributed by atoms with Gasteiger partial charge in [-0.2, -0.15) is 0 Å². The lowest BCUT2D eigenvalue weighted by Gasteiger charge is -2.28. The second kappa shape index (κ2) is 8.57. The number of amides is 1. The van der Waals surface area contributed by atoms with Crippen LogP contribution in [0.3, 0.4) is 0 Å². The van der Waals surface area contributed by atoms with E-state index in [0.29, 0.717) is 6.42 Å². The van der Waals surface area contributed by atoms with Crippen molar-refractivity contribution in [1.29, 1.82) is 0 Å². The highest BCUT2D eigenvalue weighted by atomic mass is 16.4. The molecule has 0 saturated carbocycles. The molecule has 0 spiro atoms. The van der Waals surface area contributed by atoms with E-state index in [1.807, 2.05) is 20.8 Å². The minimum absolute atomic E-state index is 0.00869. The molecule has 0 heterocycles. The van der Waals surface area contributed by atoms with Crippen molar-refractivity contribution in [3.05, 3.63) is 35.4 Å². The Morgan fingerprint density at radius 2 is 1.77 bits per heavy atom. The molecular formula is C18H27NO3. The van der Waals surface area contributed by atoms with E-state index in [-0.39, 0.29) is 30.8 Å². The molecule has 1 amide bonds. The van der Waals surface area contributed by atoms with Crippen molar-refractivity contribution in [2.24, 2.45) is 0 Å². The standard InChI is InChI=1S/C18H27NO3/c1-5-15(16-8-6-14(4)7-9-16)12-17(20)19(13(2)3)11-10-18(21)22/h6-9,13,15H,5,10-12H2,1-4H3,(H,21,22). The molecule has 0 aromatic heterocycles. The minimum atomic E-state index is -0.871. The number of carbonyl (C=O) groups excluding carboxylic acids is 1. The van der Waals surface area contributed by atoms with Gasteiger partial charge in [0.25, 0.3) is 0 Å². The molecular weight excluding hydrogens is 278 g/mol. The predicted molar refractivity (Wildman–Crippen MR) is 87.9 cm³/mol. The van der Waals surface area contributed by atoms with Crippen LogP contribution in [0, 0.1) is 6.92 Å². The highest BCUT2D eigenvalue weighted by Gasteiger charge is 2.22. The summed E-state index contributed by atoms with van der Waals surface area (Å²) in [4.78, 5) is 25.0. The molecule has 1 N–H and O–H groups in total. The Morgan fingerprint density at radius 1 is 1.18 bits per heavy atom. The van der Waals surface area contributed by atoms with Gasteiger partial charge >= 0.3 is 5.97 Å². The average molecular weight is 305 g/mol. The first kappa shape index (κ1) is 18.2. The molecule has 22 heavy (non-hydrogen) atoms. The Balaban J connectivity index is 2.76. The van der Waals surface area contributed by atoms with Crippen molar-refractivity contribution < 1.29 is 14.7 Å². The van der Waals surface area contributed by atoms with Crippen molar-refractivity contribution in [3.63, 3.8) is 0 Å². The molecule has 1 unspecified atom stereocenters. The van der Waals surface area contributed by atoms with Gasteiger partial charge in [-0.05, 0) is 38.7 Å². The summed E-state index contributed by atoms with van der Waals surface area (Å²) in [5, 5.41) is 8.82. The van der Waals surface area contributed by atoms with Gasteiger partial charge in [-0.15, -0.1) is 0 Å². The van der Waals surface area contributed by atoms with E-state index in [1.165, 1.54) is 11.1 Å². The molecule has 0 aliphatic carbocycles. The van der Waals surface area contributed by atoms with Gasteiger partial charge < -0.3 is 10.0 Å². The fraction of sp³-hybridized carbons (Fsp3) is 0.556. The second-order valence-corrected chi connectivity index (χ2v) is 6.04. The second-order valence-electron chi connectivity index (χ2n) is 6.04. The summed E-state index contributed by atoms with van der Waals surface area (Å²) in [6, 6.07) is 8.30. The molecule has 4 heteroatoms. The van der Waals surface area contributed by atoms with Crippen LogP contribution in [0.4, 0.5) is 0 Å². The molecule has 1 aromatic rings. The summed E-state index contributed by atoms with van der Waals surface area (Å²) in [6.07, 6.45) is 1.31. The Morgan fingerprint density at radius 3 is 2.23 bits per heavy atom. The third-order valence-corrected chi connectivity index (χ3v) is 3.97. The Bertz CT molecular complexity index is 494. The Labute approximate surface area is 133 Å². The van der Waals surface area contributed by atoms with E-state index < -0.39 is 5.97 Å². The van der Waals surface area contributed by atoms with Crippen LogP contribution in [0.15, 0.2) is 24.3 Å². The molecule has 0 radical (unpaired) electrons. The number of hydrogen-bond acceptors (Lipinski definition) is 2. The van der Waals surface area contributed by atoms with E-state index in [1.54, 1.807) is 4.90 Å². The van der Waals surface area contributed by atoms with Crippen LogP contribution in [-0.4, -0.2) is 34.5 Å². The third kappa shape index (κ3) is 5.51. The van der Waals surface area contributed by atoms with E-state index in [2.05, 4.69) is 31.2 Å². The molecule has 0 fully saturated rings. The number of rotatable bonds is 8. The monoisotopic (exact) mass is 305 g/mol. The van der Waals surface area contributed by atoms with Gasteiger partial charge in [0, 0.05) is 19.0 Å². The minimum Gasteiger partial charge on any atom is -0.481 e. The van der Waals surface area contributed by atoms with E-state index in [9.17, 15) is 9.59 Å². The fourth-order valence-corrected chi connectivity index (χ4v) is 2.55. The highest BCUT2D eigenvalue weighted by Crippen LogP contribution is 2.25. The van der Waals surface area contributed by atoms with Crippen molar-refractivity contribution >= 4 is 11.9 Å². The lowest BCUT2D eigenvalue weighted by Crippen LogP contribution is -2.39. The van der Waals surface area contributed by atoms with E-state index in [0.717, 1.165) is 6.42 Å². The summed E-state index contributed by atoms with van der Waals surface area (Å²) in [5.74, 6) is -0.660. The van der Waals surface area contributed by atoms with Gasteiger partial charge in [-0.3, -0.25) is 9.59 Å². The maximum atomic E-state index is 12.5. The number of carboxylic acid groups (broad SMARTS) is 1. The summed E-state index contributed by atoms with van der Waals surface area (Å²) < 4.78 is 0. The molecule has 1 aromatic carbocycles. The highest BCUT2D eigenvalue weighted by molar-refractivity contribution is 5.78. The third-order valence-electron chi connectivity index (χ3n) is 3.97. The molecule has 0 bridgehead atoms. The number of aryl methyl sites for hydroxylation is 1. The van der Waals surface area contributed by atoms with Crippen LogP contribution in [0.2, 0.25) is 0 Å². The molecule has 122 valence electrons. The first-order valence-electron chi connectivity index (χ1n) is 7.93. The van der Waals surface area contributed by atoms with Gasteiger partial charge in [0.2, 0.25) is 5.91 Å². The molecule has 0 aliphatic heterocycles. The number of carboxylic acids is 1. The van der Waals surface area contributed by atoms with E-state index >= 15 is 0 Å². The topological polar surface area (TPSA) is 57.6 Å². The summed E-state index contributed by atoms with van der Waals surface area (Å²) in [5.41, 5.74) is 2.37. The predicted octanol–water partition coefficient (Wildman–Crippen LogP) is 3.59. The first-order chi connectivity index (χ1) is 10.3. The van der Waals surface area contributed by atoms with Gasteiger partial charge in [0.1, 0.15) is 0 Å². The summed E-state index contributed by atoms with van der Waals surface area (Å²) in [6.45, 7) is 8.24. The number of carbonyl (C=O) groups is 2. The zero-order valence-electron chi connectivity index (χ0n) is 14.0. The van der Waals surface area contributed by atoms with Crippen molar-refractivity contribution in [1.82, 2.24) is 4.90 Å². The maximum absolute atomic E-state index is 12.5. The first-order valence-corrected chi connectivity index (χ1v) is 7.93. The van der Waals surface area contributed by atoms with Crippen LogP contribution >= 0.6 is 0 Å². The zero-order chi connectivity index (χ0) is 16.7. The smallest absolute Gasteiger partial charge is 0.305 e. The van der Waals surface area contributed by atoms with Crippen molar-refractivity contribution in [2.75, 3.05) is 6.54 Å². The number of nitrogens with zero attached hydrogens (tertiary/aromatic N) is 1. The maximum Gasteiger partial charge on any atom is 0.305 e. The largest absolute Gasteiger partial charge is 0.481 e. The lowest BCUT2D eigenvalue weighted by atomic mass is 9.92. The lowest BCUT2D eigenvalue weighted by molar-refractivity contribution is -0.139.